The van der Waals surface area contributed by atoms with E-state index in [1.807, 2.05) is 0 Å². The molecule has 0 unspecified atom stereocenters. The first-order valence-electron chi connectivity index (χ1n) is 7.32. The number of hydrogen-bond donors (Lipinski definition) is 2. The zero-order valence-corrected chi connectivity index (χ0v) is 13.4. The Labute approximate surface area is 142 Å². The molecular formula is C18H13NO6. The van der Waals surface area contributed by atoms with E-state index in [0.29, 0.717) is 0 Å². The van der Waals surface area contributed by atoms with Gasteiger partial charge in [0.15, 0.2) is 11.6 Å². The average molecular weight is 339 g/mol. The number of phenolic OH excluding ortho intramolecular Hbond substituents is 2. The Hall–Kier alpha value is -3.48. The first-order valence-corrected chi connectivity index (χ1v) is 7.32. The van der Waals surface area contributed by atoms with Crippen molar-refractivity contribution >= 4 is 23.2 Å². The third-order valence-corrected chi connectivity index (χ3v) is 3.85. The molecule has 3 rings (SSSR count). The minimum Gasteiger partial charge on any atom is -0.507 e. The summed E-state index contributed by atoms with van der Waals surface area (Å²) in [6, 6.07) is 7.27. The predicted octanol–water partition coefficient (Wildman–Crippen LogP) is 2.16. The van der Waals surface area contributed by atoms with Crippen LogP contribution < -0.4 is 0 Å². The number of oxime groups is 1. The standard InChI is InChI=1S/C18H13NO6/c1-8(19-25-9(2)20)12-7-13(21)14-15(18(12)24)17(23)11-6-4-3-5-10(11)16(14)22/h3-7,21,24H,1-2H3/b19-8+. The van der Waals surface area contributed by atoms with Gasteiger partial charge in [0.25, 0.3) is 0 Å². The van der Waals surface area contributed by atoms with E-state index in [9.17, 15) is 24.6 Å². The third-order valence-electron chi connectivity index (χ3n) is 3.85. The summed E-state index contributed by atoms with van der Waals surface area (Å²) in [5.41, 5.74) is -0.210. The number of phenols is 2. The van der Waals surface area contributed by atoms with Gasteiger partial charge in [-0.05, 0) is 13.0 Å². The number of rotatable bonds is 2. The van der Waals surface area contributed by atoms with Crippen LogP contribution in [-0.4, -0.2) is 33.5 Å². The van der Waals surface area contributed by atoms with Gasteiger partial charge in [0.1, 0.15) is 11.5 Å². The molecule has 0 fully saturated rings. The first-order chi connectivity index (χ1) is 11.8. The van der Waals surface area contributed by atoms with Crippen molar-refractivity contribution < 1.29 is 29.4 Å². The molecule has 126 valence electrons. The number of fused-ring (bicyclic) bond motifs is 2. The summed E-state index contributed by atoms with van der Waals surface area (Å²) in [6.45, 7) is 2.58. The zero-order chi connectivity index (χ0) is 18.3. The Morgan fingerprint density at radius 2 is 1.56 bits per heavy atom. The molecule has 2 aromatic carbocycles. The second kappa shape index (κ2) is 5.86. The largest absolute Gasteiger partial charge is 0.507 e. The number of benzene rings is 2. The molecule has 0 saturated heterocycles. The van der Waals surface area contributed by atoms with Crippen LogP contribution in [0.2, 0.25) is 0 Å². The van der Waals surface area contributed by atoms with Gasteiger partial charge < -0.3 is 15.1 Å². The van der Waals surface area contributed by atoms with Crippen LogP contribution in [0.5, 0.6) is 11.5 Å². The lowest BCUT2D eigenvalue weighted by molar-refractivity contribution is -0.140. The predicted molar refractivity (Wildman–Crippen MR) is 87.1 cm³/mol. The molecule has 0 radical (unpaired) electrons. The fourth-order valence-corrected chi connectivity index (χ4v) is 2.72. The molecule has 0 spiro atoms. The molecule has 0 aromatic heterocycles. The Kier molecular flexibility index (Phi) is 3.84. The normalized spacial score (nSPS) is 13.3. The van der Waals surface area contributed by atoms with Crippen molar-refractivity contribution in [1.82, 2.24) is 0 Å². The molecule has 1 aliphatic rings. The highest BCUT2D eigenvalue weighted by Gasteiger charge is 2.35. The Balaban J connectivity index is 2.24. The maximum absolute atomic E-state index is 12.7. The molecule has 1 aliphatic carbocycles. The van der Waals surface area contributed by atoms with Crippen molar-refractivity contribution in [2.45, 2.75) is 13.8 Å². The van der Waals surface area contributed by atoms with Crippen LogP contribution >= 0.6 is 0 Å². The SMILES string of the molecule is CC(=O)O/N=C(\C)c1cc(O)c2c(c1O)C(=O)c1ccccc1C2=O. The fraction of sp³-hybridized carbons (Fsp3) is 0.111. The van der Waals surface area contributed by atoms with Gasteiger partial charge in [-0.3, -0.25) is 9.59 Å². The monoisotopic (exact) mass is 339 g/mol. The van der Waals surface area contributed by atoms with E-state index >= 15 is 0 Å². The van der Waals surface area contributed by atoms with Crippen molar-refractivity contribution in [2.75, 3.05) is 0 Å². The number of carbonyl (C=O) groups is 3. The Morgan fingerprint density at radius 3 is 2.12 bits per heavy atom. The molecular weight excluding hydrogens is 326 g/mol. The van der Waals surface area contributed by atoms with E-state index in [4.69, 9.17) is 0 Å². The number of aromatic hydroxyl groups is 2. The lowest BCUT2D eigenvalue weighted by Crippen LogP contribution is -2.22. The van der Waals surface area contributed by atoms with E-state index in [1.54, 1.807) is 12.1 Å². The maximum Gasteiger partial charge on any atom is 0.331 e. The molecule has 0 atom stereocenters. The summed E-state index contributed by atoms with van der Waals surface area (Å²) in [5.74, 6) is -2.78. The second-order valence-electron chi connectivity index (χ2n) is 5.51. The summed E-state index contributed by atoms with van der Waals surface area (Å²) in [7, 11) is 0. The van der Waals surface area contributed by atoms with Crippen LogP contribution in [0, 0.1) is 0 Å². The van der Waals surface area contributed by atoms with Crippen molar-refractivity contribution in [3.8, 4) is 11.5 Å². The van der Waals surface area contributed by atoms with E-state index < -0.39 is 29.0 Å². The lowest BCUT2D eigenvalue weighted by Gasteiger charge is -2.20. The zero-order valence-electron chi connectivity index (χ0n) is 13.4. The van der Waals surface area contributed by atoms with Crippen molar-refractivity contribution in [2.24, 2.45) is 5.16 Å². The third kappa shape index (κ3) is 2.55. The minimum atomic E-state index is -0.666. The van der Waals surface area contributed by atoms with Gasteiger partial charge in [0, 0.05) is 23.6 Å². The highest BCUT2D eigenvalue weighted by atomic mass is 16.7. The molecule has 25 heavy (non-hydrogen) atoms. The molecule has 7 nitrogen and oxygen atoms in total. The highest BCUT2D eigenvalue weighted by molar-refractivity contribution is 6.31. The van der Waals surface area contributed by atoms with E-state index in [1.165, 1.54) is 19.1 Å². The topological polar surface area (TPSA) is 113 Å². The van der Waals surface area contributed by atoms with Gasteiger partial charge in [-0.25, -0.2) is 4.79 Å². The van der Waals surface area contributed by atoms with Gasteiger partial charge in [0.05, 0.1) is 16.8 Å². The van der Waals surface area contributed by atoms with Gasteiger partial charge in [-0.1, -0.05) is 29.4 Å². The molecule has 0 saturated carbocycles. The molecule has 2 aromatic rings. The summed E-state index contributed by atoms with van der Waals surface area (Å²) < 4.78 is 0. The minimum absolute atomic E-state index is 0.0157. The summed E-state index contributed by atoms with van der Waals surface area (Å²) >= 11 is 0. The quantitative estimate of drug-likeness (QED) is 0.320. The molecule has 2 N–H and O–H groups in total. The molecule has 7 heteroatoms. The highest BCUT2D eigenvalue weighted by Crippen LogP contribution is 2.40. The summed E-state index contributed by atoms with van der Waals surface area (Å²) in [6.07, 6.45) is 0. The van der Waals surface area contributed by atoms with Crippen LogP contribution in [0.1, 0.15) is 51.3 Å². The number of hydrogen-bond acceptors (Lipinski definition) is 7. The van der Waals surface area contributed by atoms with Crippen LogP contribution in [0.25, 0.3) is 0 Å². The van der Waals surface area contributed by atoms with Crippen LogP contribution in [0.3, 0.4) is 0 Å². The molecule has 0 heterocycles. The number of carbonyl (C=O) groups excluding carboxylic acids is 3. The van der Waals surface area contributed by atoms with Gasteiger partial charge in [-0.2, -0.15) is 0 Å². The lowest BCUT2D eigenvalue weighted by atomic mass is 9.81. The van der Waals surface area contributed by atoms with Crippen molar-refractivity contribution in [3.63, 3.8) is 0 Å². The fourth-order valence-electron chi connectivity index (χ4n) is 2.72. The number of ketones is 2. The Morgan fingerprint density at radius 1 is 1.00 bits per heavy atom. The van der Waals surface area contributed by atoms with E-state index in [-0.39, 0.29) is 33.5 Å². The van der Waals surface area contributed by atoms with Crippen LogP contribution in [0.4, 0.5) is 0 Å². The second-order valence-corrected chi connectivity index (χ2v) is 5.51. The molecule has 0 aliphatic heterocycles. The van der Waals surface area contributed by atoms with Gasteiger partial charge in [0.2, 0.25) is 0 Å². The summed E-state index contributed by atoms with van der Waals surface area (Å²) in [5, 5.41) is 24.3. The van der Waals surface area contributed by atoms with Crippen molar-refractivity contribution in [1.29, 1.82) is 0 Å². The van der Waals surface area contributed by atoms with Gasteiger partial charge in [-0.15, -0.1) is 0 Å². The molecule has 0 bridgehead atoms. The number of nitrogens with zero attached hydrogens (tertiary/aromatic N) is 1. The Bertz CT molecular complexity index is 974. The molecule has 0 amide bonds. The smallest absolute Gasteiger partial charge is 0.331 e. The van der Waals surface area contributed by atoms with E-state index in [2.05, 4.69) is 9.99 Å². The maximum atomic E-state index is 12.7. The van der Waals surface area contributed by atoms with Crippen molar-refractivity contribution in [3.05, 3.63) is 58.1 Å². The average Bonchev–Trinajstić information content (AvgIpc) is 2.59. The first kappa shape index (κ1) is 16.4. The summed E-state index contributed by atoms with van der Waals surface area (Å²) in [4.78, 5) is 40.7. The van der Waals surface area contributed by atoms with Crippen LogP contribution in [0.15, 0.2) is 35.5 Å². The van der Waals surface area contributed by atoms with Gasteiger partial charge >= 0.3 is 5.97 Å². The van der Waals surface area contributed by atoms with E-state index in [0.717, 1.165) is 13.0 Å². The van der Waals surface area contributed by atoms with Crippen LogP contribution in [-0.2, 0) is 9.63 Å².